The van der Waals surface area contributed by atoms with E-state index < -0.39 is 5.54 Å². The molecule has 0 amide bonds. The van der Waals surface area contributed by atoms with Gasteiger partial charge in [0.15, 0.2) is 0 Å². The zero-order chi connectivity index (χ0) is 16.5. The summed E-state index contributed by atoms with van der Waals surface area (Å²) in [5, 5.41) is 12.8. The molecule has 0 unspecified atom stereocenters. The van der Waals surface area contributed by atoms with Crippen molar-refractivity contribution in [1.82, 2.24) is 20.0 Å². The third kappa shape index (κ3) is 4.03. The number of nitrogens with zero attached hydrogens (tertiary/aromatic N) is 5. The van der Waals surface area contributed by atoms with E-state index in [0.29, 0.717) is 18.5 Å². The molecule has 8 heteroatoms. The van der Waals surface area contributed by atoms with Crippen LogP contribution in [0.4, 0.5) is 6.01 Å². The van der Waals surface area contributed by atoms with Gasteiger partial charge >= 0.3 is 6.01 Å². The molecule has 0 aliphatic rings. The third-order valence-electron chi connectivity index (χ3n) is 3.80. The lowest BCUT2D eigenvalue weighted by Crippen LogP contribution is -2.29. The first-order chi connectivity index (χ1) is 10.3. The fourth-order valence-electron chi connectivity index (χ4n) is 2.38. The molecule has 0 atom stereocenters. The largest absolute Gasteiger partial charge is 0.406 e. The van der Waals surface area contributed by atoms with Crippen LogP contribution in [0, 0.1) is 13.8 Å². The van der Waals surface area contributed by atoms with Crippen LogP contribution in [0.5, 0.6) is 0 Å². The Morgan fingerprint density at radius 2 is 1.87 bits per heavy atom. The topological polar surface area (TPSA) is 86.0 Å². The standard InChI is InChI=1S/C15H26N6O.ClH/c1-7-20(14-18-17-13(22-14)15(5,6)16)9-12-10(3)19-21(8-2)11(12)4;/h7-9,16H2,1-6H3;1H. The monoisotopic (exact) mass is 342 g/mol. The molecular formula is C15H27ClN6O. The molecule has 0 aliphatic carbocycles. The van der Waals surface area contributed by atoms with E-state index in [1.807, 2.05) is 30.4 Å². The SMILES string of the molecule is CCN(Cc1c(C)nn(CC)c1C)c1nnc(C(C)(C)N)o1.Cl. The summed E-state index contributed by atoms with van der Waals surface area (Å²) in [6, 6.07) is 0.499. The number of anilines is 1. The zero-order valence-electron chi connectivity index (χ0n) is 14.8. The van der Waals surface area contributed by atoms with Crippen molar-refractivity contribution in [2.75, 3.05) is 11.4 Å². The molecule has 23 heavy (non-hydrogen) atoms. The van der Waals surface area contributed by atoms with Gasteiger partial charge in [0.25, 0.3) is 0 Å². The second-order valence-corrected chi connectivity index (χ2v) is 6.09. The summed E-state index contributed by atoms with van der Waals surface area (Å²) in [6.07, 6.45) is 0. The van der Waals surface area contributed by atoms with Crippen LogP contribution in [0.25, 0.3) is 0 Å². The van der Waals surface area contributed by atoms with E-state index in [1.165, 1.54) is 11.3 Å². The zero-order valence-corrected chi connectivity index (χ0v) is 15.6. The first-order valence-electron chi connectivity index (χ1n) is 7.68. The molecule has 2 rings (SSSR count). The van der Waals surface area contributed by atoms with Crippen molar-refractivity contribution in [3.63, 3.8) is 0 Å². The minimum atomic E-state index is -0.635. The smallest absolute Gasteiger partial charge is 0.318 e. The summed E-state index contributed by atoms with van der Waals surface area (Å²) < 4.78 is 7.75. The Hall–Kier alpha value is -1.60. The van der Waals surface area contributed by atoms with E-state index in [0.717, 1.165) is 18.8 Å². The Kier molecular flexibility index (Phi) is 6.18. The van der Waals surface area contributed by atoms with Gasteiger partial charge in [-0.15, -0.1) is 17.5 Å². The molecule has 0 saturated heterocycles. The lowest BCUT2D eigenvalue weighted by atomic mass is 10.1. The third-order valence-corrected chi connectivity index (χ3v) is 3.80. The Morgan fingerprint density at radius 3 is 2.30 bits per heavy atom. The average molecular weight is 343 g/mol. The van der Waals surface area contributed by atoms with Gasteiger partial charge in [-0.3, -0.25) is 4.68 Å². The second kappa shape index (κ2) is 7.31. The highest BCUT2D eigenvalue weighted by Crippen LogP contribution is 2.23. The molecule has 0 bridgehead atoms. The van der Waals surface area contributed by atoms with E-state index in [2.05, 4.69) is 36.1 Å². The molecule has 2 aromatic heterocycles. The van der Waals surface area contributed by atoms with Crippen LogP contribution < -0.4 is 10.6 Å². The van der Waals surface area contributed by atoms with Crippen molar-refractivity contribution < 1.29 is 4.42 Å². The van der Waals surface area contributed by atoms with E-state index >= 15 is 0 Å². The van der Waals surface area contributed by atoms with Crippen molar-refractivity contribution in [3.05, 3.63) is 22.8 Å². The molecule has 0 aromatic carbocycles. The number of rotatable bonds is 6. The Bertz CT molecular complexity index is 643. The summed E-state index contributed by atoms with van der Waals surface area (Å²) in [6.45, 7) is 14.3. The van der Waals surface area contributed by atoms with Crippen LogP contribution in [-0.2, 0) is 18.6 Å². The van der Waals surface area contributed by atoms with Crippen molar-refractivity contribution in [1.29, 1.82) is 0 Å². The summed E-state index contributed by atoms with van der Waals surface area (Å²) in [5.74, 6) is 0.443. The van der Waals surface area contributed by atoms with Gasteiger partial charge in [0.05, 0.1) is 17.8 Å². The fourth-order valence-corrected chi connectivity index (χ4v) is 2.38. The van der Waals surface area contributed by atoms with Crippen LogP contribution in [0.15, 0.2) is 4.42 Å². The molecule has 0 saturated carbocycles. The van der Waals surface area contributed by atoms with Gasteiger partial charge in [-0.2, -0.15) is 5.10 Å². The summed E-state index contributed by atoms with van der Waals surface area (Å²) in [4.78, 5) is 2.04. The van der Waals surface area contributed by atoms with Crippen LogP contribution in [0.3, 0.4) is 0 Å². The lowest BCUT2D eigenvalue weighted by Gasteiger charge is -2.19. The number of nitrogens with two attached hydrogens (primary N) is 1. The average Bonchev–Trinajstić information content (AvgIpc) is 3.03. The maximum absolute atomic E-state index is 6.01. The Labute approximate surface area is 143 Å². The van der Waals surface area contributed by atoms with Gasteiger partial charge in [0, 0.05) is 24.3 Å². The van der Waals surface area contributed by atoms with Gasteiger partial charge in [-0.1, -0.05) is 5.10 Å². The quantitative estimate of drug-likeness (QED) is 0.868. The maximum Gasteiger partial charge on any atom is 0.318 e. The molecule has 0 radical (unpaired) electrons. The van der Waals surface area contributed by atoms with Gasteiger partial charge in [0.2, 0.25) is 5.89 Å². The van der Waals surface area contributed by atoms with Gasteiger partial charge < -0.3 is 15.1 Å². The maximum atomic E-state index is 6.01. The number of hydrogen-bond donors (Lipinski definition) is 1. The summed E-state index contributed by atoms with van der Waals surface area (Å²) >= 11 is 0. The van der Waals surface area contributed by atoms with Crippen LogP contribution in [-0.4, -0.2) is 26.5 Å². The van der Waals surface area contributed by atoms with Crippen LogP contribution >= 0.6 is 12.4 Å². The van der Waals surface area contributed by atoms with Crippen LogP contribution in [0.1, 0.15) is 50.5 Å². The highest BCUT2D eigenvalue weighted by atomic mass is 35.5. The Morgan fingerprint density at radius 1 is 1.22 bits per heavy atom. The number of aromatic nitrogens is 4. The molecule has 0 aliphatic heterocycles. The minimum Gasteiger partial charge on any atom is -0.406 e. The molecule has 2 heterocycles. The number of aryl methyl sites for hydroxylation is 2. The van der Waals surface area contributed by atoms with E-state index in [9.17, 15) is 0 Å². The highest BCUT2D eigenvalue weighted by molar-refractivity contribution is 5.85. The van der Waals surface area contributed by atoms with Crippen LogP contribution in [0.2, 0.25) is 0 Å². The van der Waals surface area contributed by atoms with Crippen molar-refractivity contribution >= 4 is 18.4 Å². The fraction of sp³-hybridized carbons (Fsp3) is 0.667. The Balaban J connectivity index is 0.00000264. The van der Waals surface area contributed by atoms with Crippen molar-refractivity contribution in [2.24, 2.45) is 5.73 Å². The van der Waals surface area contributed by atoms with Gasteiger partial charge in [-0.05, 0) is 41.5 Å². The van der Waals surface area contributed by atoms with Crippen molar-refractivity contribution in [3.8, 4) is 0 Å². The molecule has 0 fully saturated rings. The van der Waals surface area contributed by atoms with E-state index in [4.69, 9.17) is 10.2 Å². The van der Waals surface area contributed by atoms with Gasteiger partial charge in [-0.25, -0.2) is 0 Å². The molecule has 2 aromatic rings. The highest BCUT2D eigenvalue weighted by Gasteiger charge is 2.24. The number of halogens is 1. The number of hydrogen-bond acceptors (Lipinski definition) is 6. The van der Waals surface area contributed by atoms with Crippen molar-refractivity contribution in [2.45, 2.75) is 60.2 Å². The first kappa shape index (κ1) is 19.4. The second-order valence-electron chi connectivity index (χ2n) is 6.09. The normalized spacial score (nSPS) is 11.4. The van der Waals surface area contributed by atoms with E-state index in [-0.39, 0.29) is 12.4 Å². The molecular weight excluding hydrogens is 316 g/mol. The summed E-state index contributed by atoms with van der Waals surface area (Å²) in [7, 11) is 0. The summed E-state index contributed by atoms with van der Waals surface area (Å²) in [5.41, 5.74) is 8.79. The van der Waals surface area contributed by atoms with Gasteiger partial charge in [0.1, 0.15) is 0 Å². The predicted molar refractivity (Wildman–Crippen MR) is 92.9 cm³/mol. The molecule has 7 nitrogen and oxygen atoms in total. The molecule has 130 valence electrons. The predicted octanol–water partition coefficient (Wildman–Crippen LogP) is 2.54. The molecule has 2 N–H and O–H groups in total. The first-order valence-corrected chi connectivity index (χ1v) is 7.68. The minimum absolute atomic E-state index is 0. The van der Waals surface area contributed by atoms with E-state index in [1.54, 1.807) is 0 Å². The lowest BCUT2D eigenvalue weighted by molar-refractivity contribution is 0.377. The molecule has 0 spiro atoms.